The van der Waals surface area contributed by atoms with E-state index < -0.39 is 12.1 Å². The number of fused-ring (bicyclic) bond motifs is 3. The molecule has 3 aromatic carbocycles. The Hall–Kier alpha value is -3.94. The van der Waals surface area contributed by atoms with E-state index in [-0.39, 0.29) is 24.9 Å². The first-order chi connectivity index (χ1) is 16.5. The van der Waals surface area contributed by atoms with Crippen LogP contribution in [-0.4, -0.2) is 24.5 Å². The van der Waals surface area contributed by atoms with Gasteiger partial charge in [-0.1, -0.05) is 6.07 Å². The average Bonchev–Trinajstić information content (AvgIpc) is 3.54. The van der Waals surface area contributed by atoms with Crippen LogP contribution in [0, 0.1) is 5.82 Å². The summed E-state index contributed by atoms with van der Waals surface area (Å²) in [7, 11) is 0. The van der Waals surface area contributed by atoms with E-state index in [2.05, 4.69) is 0 Å². The lowest BCUT2D eigenvalue weighted by Crippen LogP contribution is -2.07. The average molecular weight is 464 g/mol. The minimum absolute atomic E-state index is 0.0144. The van der Waals surface area contributed by atoms with E-state index in [0.29, 0.717) is 59.5 Å². The second-order valence-corrected chi connectivity index (χ2v) is 8.51. The topological polar surface area (TPSA) is 83.5 Å². The van der Waals surface area contributed by atoms with E-state index in [9.17, 15) is 9.18 Å². The molecule has 34 heavy (non-hydrogen) atoms. The summed E-state index contributed by atoms with van der Waals surface area (Å²) in [5.74, 6) is 2.22. The highest BCUT2D eigenvalue weighted by Crippen LogP contribution is 2.45. The molecule has 174 valence electrons. The molecule has 0 radical (unpaired) electrons. The quantitative estimate of drug-likeness (QED) is 0.526. The van der Waals surface area contributed by atoms with E-state index in [1.54, 1.807) is 36.4 Å². The normalized spacial score (nSPS) is 19.3. The van der Waals surface area contributed by atoms with Crippen molar-refractivity contribution in [2.45, 2.75) is 31.3 Å². The molecule has 7 nitrogen and oxygen atoms in total. The van der Waals surface area contributed by atoms with Crippen molar-refractivity contribution in [3.63, 3.8) is 0 Å². The third kappa shape index (κ3) is 3.65. The van der Waals surface area contributed by atoms with Gasteiger partial charge in [-0.05, 0) is 43.2 Å². The highest BCUT2D eigenvalue weighted by atomic mass is 19.1. The Morgan fingerprint density at radius 2 is 1.82 bits per heavy atom. The smallest absolute Gasteiger partial charge is 0.304 e. The minimum atomic E-state index is -0.862. The van der Waals surface area contributed by atoms with Gasteiger partial charge in [0.25, 0.3) is 0 Å². The van der Waals surface area contributed by atoms with Crippen molar-refractivity contribution in [3.05, 3.63) is 71.0 Å². The maximum Gasteiger partial charge on any atom is 0.304 e. The lowest BCUT2D eigenvalue weighted by molar-refractivity contribution is -0.137. The summed E-state index contributed by atoms with van der Waals surface area (Å²) in [5.41, 5.74) is 2.12. The summed E-state index contributed by atoms with van der Waals surface area (Å²) in [6.07, 6.45) is 0.762. The van der Waals surface area contributed by atoms with Crippen LogP contribution >= 0.6 is 0 Å². The van der Waals surface area contributed by atoms with Crippen LogP contribution in [0.5, 0.6) is 34.5 Å². The van der Waals surface area contributed by atoms with E-state index in [1.807, 2.05) is 6.07 Å². The van der Waals surface area contributed by atoms with Crippen LogP contribution in [-0.2, 0) is 11.2 Å². The lowest BCUT2D eigenvalue weighted by Gasteiger charge is -2.17. The molecule has 3 aliphatic rings. The summed E-state index contributed by atoms with van der Waals surface area (Å²) >= 11 is 0. The van der Waals surface area contributed by atoms with Crippen molar-refractivity contribution < 1.29 is 38.0 Å². The summed E-state index contributed by atoms with van der Waals surface area (Å²) in [6, 6.07) is 13.7. The number of aliphatic carboxylic acids is 1. The van der Waals surface area contributed by atoms with Gasteiger partial charge in [-0.25, -0.2) is 4.39 Å². The highest BCUT2D eigenvalue weighted by Gasteiger charge is 2.32. The molecule has 0 bridgehead atoms. The summed E-state index contributed by atoms with van der Waals surface area (Å²) in [6.45, 7) is 0.504. The van der Waals surface area contributed by atoms with Crippen molar-refractivity contribution in [1.82, 2.24) is 0 Å². The van der Waals surface area contributed by atoms with Crippen LogP contribution < -0.4 is 23.7 Å². The molecule has 0 saturated heterocycles. The monoisotopic (exact) mass is 464 g/mol. The van der Waals surface area contributed by atoms with Crippen molar-refractivity contribution in [3.8, 4) is 34.5 Å². The van der Waals surface area contributed by atoms with Gasteiger partial charge in [0.1, 0.15) is 34.9 Å². The van der Waals surface area contributed by atoms with Gasteiger partial charge in [-0.2, -0.15) is 0 Å². The van der Waals surface area contributed by atoms with Crippen LogP contribution in [0.3, 0.4) is 0 Å². The van der Waals surface area contributed by atoms with Gasteiger partial charge in [0.2, 0.25) is 6.79 Å². The van der Waals surface area contributed by atoms with Gasteiger partial charge in [-0.3, -0.25) is 4.79 Å². The molecule has 0 fully saturated rings. The standard InChI is InChI=1S/C26H21FO7/c27-19-5-8-20(33-16-2-6-21-24(11-16)32-13-31-21)18-4-7-22(26(18)19)34-15-1-3-17-14(9-25(28)29)12-30-23(17)10-15/h1-3,5-6,8,10-11,14,22H,4,7,9,12-13H2,(H,28,29)/t14-,22-/m1/s1. The summed E-state index contributed by atoms with van der Waals surface area (Å²) in [4.78, 5) is 11.1. The van der Waals surface area contributed by atoms with Gasteiger partial charge in [-0.15, -0.1) is 0 Å². The second kappa shape index (κ2) is 8.13. The molecular weight excluding hydrogens is 443 g/mol. The Bertz CT molecular complexity index is 1290. The molecule has 6 rings (SSSR count). The summed E-state index contributed by atoms with van der Waals surface area (Å²) < 4.78 is 43.5. The number of carbonyl (C=O) groups is 1. The zero-order valence-corrected chi connectivity index (χ0v) is 18.1. The molecule has 2 aliphatic heterocycles. The molecule has 1 N–H and O–H groups in total. The molecule has 0 unspecified atom stereocenters. The number of rotatable bonds is 6. The van der Waals surface area contributed by atoms with Crippen LogP contribution in [0.1, 0.15) is 41.6 Å². The molecule has 2 atom stereocenters. The molecule has 3 aromatic rings. The maximum atomic E-state index is 14.9. The first-order valence-electron chi connectivity index (χ1n) is 11.1. The number of hydrogen-bond acceptors (Lipinski definition) is 6. The Kier molecular flexibility index (Phi) is 4.94. The number of carboxylic acids is 1. The van der Waals surface area contributed by atoms with Crippen molar-refractivity contribution in [2.24, 2.45) is 0 Å². The van der Waals surface area contributed by atoms with Crippen molar-refractivity contribution >= 4 is 5.97 Å². The Morgan fingerprint density at radius 3 is 2.71 bits per heavy atom. The largest absolute Gasteiger partial charge is 0.492 e. The fraction of sp³-hybridized carbons (Fsp3) is 0.269. The fourth-order valence-electron chi connectivity index (χ4n) is 4.80. The van der Waals surface area contributed by atoms with E-state index in [1.165, 1.54) is 6.07 Å². The Balaban J connectivity index is 1.23. The first kappa shape index (κ1) is 20.7. The number of benzene rings is 3. The van der Waals surface area contributed by atoms with Gasteiger partial charge in [0, 0.05) is 34.7 Å². The number of halogens is 1. The molecule has 0 spiro atoms. The highest BCUT2D eigenvalue weighted by molar-refractivity contribution is 5.69. The molecule has 0 saturated carbocycles. The number of hydrogen-bond donors (Lipinski definition) is 1. The minimum Gasteiger partial charge on any atom is -0.492 e. The zero-order chi connectivity index (χ0) is 23.2. The molecule has 1 aliphatic carbocycles. The molecular formula is C26H21FO7. The molecule has 0 amide bonds. The van der Waals surface area contributed by atoms with Crippen LogP contribution in [0.25, 0.3) is 0 Å². The van der Waals surface area contributed by atoms with Crippen LogP contribution in [0.2, 0.25) is 0 Å². The van der Waals surface area contributed by atoms with Gasteiger partial charge >= 0.3 is 5.97 Å². The van der Waals surface area contributed by atoms with Crippen molar-refractivity contribution in [2.75, 3.05) is 13.4 Å². The third-order valence-corrected chi connectivity index (χ3v) is 6.38. The second-order valence-electron chi connectivity index (χ2n) is 8.51. The lowest BCUT2D eigenvalue weighted by atomic mass is 9.98. The summed E-state index contributed by atoms with van der Waals surface area (Å²) in [5, 5.41) is 9.08. The Labute approximate surface area is 194 Å². The van der Waals surface area contributed by atoms with Crippen molar-refractivity contribution in [1.29, 1.82) is 0 Å². The Morgan fingerprint density at radius 1 is 1.00 bits per heavy atom. The fourth-order valence-corrected chi connectivity index (χ4v) is 4.80. The van der Waals surface area contributed by atoms with Gasteiger partial charge in [0.15, 0.2) is 11.5 Å². The van der Waals surface area contributed by atoms with Crippen LogP contribution in [0.15, 0.2) is 48.5 Å². The SMILES string of the molecule is O=C(O)C[C@@H]1COc2cc(O[C@@H]3CCc4c(Oc5ccc6c(c5)OCO6)ccc(F)c43)ccc21. The zero-order valence-electron chi connectivity index (χ0n) is 18.1. The van der Waals surface area contributed by atoms with E-state index in [4.69, 9.17) is 28.8 Å². The number of carboxylic acid groups (broad SMARTS) is 1. The third-order valence-electron chi connectivity index (χ3n) is 6.38. The first-order valence-corrected chi connectivity index (χ1v) is 11.1. The molecule has 2 heterocycles. The van der Waals surface area contributed by atoms with E-state index in [0.717, 1.165) is 11.1 Å². The predicted octanol–water partition coefficient (Wildman–Crippen LogP) is 5.36. The molecule has 8 heteroatoms. The van der Waals surface area contributed by atoms with Crippen LogP contribution in [0.4, 0.5) is 4.39 Å². The maximum absolute atomic E-state index is 14.9. The van der Waals surface area contributed by atoms with Gasteiger partial charge in [0.05, 0.1) is 13.0 Å². The predicted molar refractivity (Wildman–Crippen MR) is 118 cm³/mol. The number of ether oxygens (including phenoxy) is 5. The van der Waals surface area contributed by atoms with Gasteiger partial charge < -0.3 is 28.8 Å². The molecule has 0 aromatic heterocycles. The van der Waals surface area contributed by atoms with E-state index >= 15 is 0 Å².